The van der Waals surface area contributed by atoms with E-state index in [1.165, 1.54) is 0 Å². The molecule has 0 amide bonds. The maximum atomic E-state index is 13.4. The van der Waals surface area contributed by atoms with Gasteiger partial charge >= 0.3 is 0 Å². The first-order valence-corrected chi connectivity index (χ1v) is 9.98. The average molecular weight is 403 g/mol. The van der Waals surface area contributed by atoms with Crippen molar-refractivity contribution in [3.05, 3.63) is 88.5 Å². The molecule has 0 saturated heterocycles. The molecule has 0 fully saturated rings. The molecule has 2 N–H and O–H groups in total. The molecule has 2 aromatic rings. The topological polar surface area (TPSA) is 78.6 Å². The molecule has 0 bridgehead atoms. The van der Waals surface area contributed by atoms with E-state index in [0.717, 1.165) is 5.56 Å². The fourth-order valence-electron chi connectivity index (χ4n) is 4.28. The van der Waals surface area contributed by atoms with Crippen molar-refractivity contribution >= 4 is 11.6 Å². The monoisotopic (exact) mass is 403 g/mol. The number of allylic oxidation sites excluding steroid dienone is 3. The molecule has 1 unspecified atom stereocenters. The maximum Gasteiger partial charge on any atom is 0.198 e. The Balaban J connectivity index is 1.88. The lowest BCUT2D eigenvalue weighted by Crippen LogP contribution is -2.35. The fourth-order valence-corrected chi connectivity index (χ4v) is 4.28. The Labute approximate surface area is 176 Å². The van der Waals surface area contributed by atoms with E-state index in [1.807, 2.05) is 44.2 Å². The van der Waals surface area contributed by atoms with Gasteiger partial charge in [0.1, 0.15) is 11.5 Å². The zero-order valence-corrected chi connectivity index (χ0v) is 17.4. The summed E-state index contributed by atoms with van der Waals surface area (Å²) in [5.41, 5.74) is 8.24. The number of hydrogen-bond acceptors (Lipinski definition) is 5. The van der Waals surface area contributed by atoms with Crippen molar-refractivity contribution in [2.75, 3.05) is 7.11 Å². The molecule has 2 aliphatic rings. The molecule has 1 atom stereocenters. The summed E-state index contributed by atoms with van der Waals surface area (Å²) >= 11 is 0. The van der Waals surface area contributed by atoms with Gasteiger partial charge < -0.3 is 15.2 Å². The van der Waals surface area contributed by atoms with Crippen molar-refractivity contribution in [3.8, 4) is 5.75 Å². The van der Waals surface area contributed by atoms with Gasteiger partial charge in [-0.15, -0.1) is 0 Å². The minimum Gasteiger partial charge on any atom is -0.497 e. The second-order valence-corrected chi connectivity index (χ2v) is 8.56. The number of ketones is 2. The van der Waals surface area contributed by atoms with Crippen LogP contribution in [0.4, 0.5) is 0 Å². The van der Waals surface area contributed by atoms with Gasteiger partial charge in [-0.05, 0) is 23.1 Å². The van der Waals surface area contributed by atoms with Gasteiger partial charge in [0.15, 0.2) is 17.4 Å². The Morgan fingerprint density at radius 3 is 2.37 bits per heavy atom. The summed E-state index contributed by atoms with van der Waals surface area (Å²) in [7, 11) is 1.60. The molecule has 0 spiro atoms. The van der Waals surface area contributed by atoms with Crippen molar-refractivity contribution in [1.82, 2.24) is 0 Å². The van der Waals surface area contributed by atoms with Crippen LogP contribution in [0.25, 0.3) is 0 Å². The zero-order valence-electron chi connectivity index (χ0n) is 17.4. The highest BCUT2D eigenvalue weighted by atomic mass is 16.5. The van der Waals surface area contributed by atoms with Crippen LogP contribution in [-0.2, 0) is 9.53 Å². The van der Waals surface area contributed by atoms with Gasteiger partial charge in [-0.25, -0.2) is 0 Å². The lowest BCUT2D eigenvalue weighted by atomic mass is 9.69. The number of carbonyl (C=O) groups is 2. The van der Waals surface area contributed by atoms with E-state index in [9.17, 15) is 9.59 Å². The third kappa shape index (κ3) is 3.52. The van der Waals surface area contributed by atoms with E-state index in [4.69, 9.17) is 15.2 Å². The smallest absolute Gasteiger partial charge is 0.198 e. The van der Waals surface area contributed by atoms with E-state index in [1.54, 1.807) is 31.4 Å². The average Bonchev–Trinajstić information content (AvgIpc) is 2.72. The molecule has 1 heterocycles. The Hall–Kier alpha value is -3.34. The van der Waals surface area contributed by atoms with Crippen molar-refractivity contribution in [3.63, 3.8) is 0 Å². The molecular weight excluding hydrogens is 378 g/mol. The third-order valence-corrected chi connectivity index (χ3v) is 5.68. The predicted molar refractivity (Wildman–Crippen MR) is 114 cm³/mol. The van der Waals surface area contributed by atoms with E-state index >= 15 is 0 Å². The maximum absolute atomic E-state index is 13.4. The Morgan fingerprint density at radius 2 is 1.73 bits per heavy atom. The number of carbonyl (C=O) groups excluding carboxylic acids is 2. The molecule has 5 nitrogen and oxygen atoms in total. The minimum absolute atomic E-state index is 0.00655. The van der Waals surface area contributed by atoms with Gasteiger partial charge in [0.05, 0.1) is 18.6 Å². The number of Topliss-reactive ketones (excluding diaryl/α,β-unsaturated/α-hetero) is 2. The Kier molecular flexibility index (Phi) is 4.98. The molecular formula is C25H25NO4. The Bertz CT molecular complexity index is 1060. The van der Waals surface area contributed by atoms with E-state index < -0.39 is 5.92 Å². The summed E-state index contributed by atoms with van der Waals surface area (Å²) in [6.07, 6.45) is 0.989. The summed E-state index contributed by atoms with van der Waals surface area (Å²) in [6.45, 7) is 4.07. The molecule has 1 aliphatic heterocycles. The van der Waals surface area contributed by atoms with Gasteiger partial charge in [0.25, 0.3) is 0 Å². The van der Waals surface area contributed by atoms with E-state index in [2.05, 4.69) is 0 Å². The third-order valence-electron chi connectivity index (χ3n) is 5.68. The zero-order chi connectivity index (χ0) is 21.5. The molecule has 4 rings (SSSR count). The summed E-state index contributed by atoms with van der Waals surface area (Å²) in [4.78, 5) is 26.7. The van der Waals surface area contributed by atoms with Crippen LogP contribution in [0, 0.1) is 5.41 Å². The molecule has 0 aromatic heterocycles. The Morgan fingerprint density at radius 1 is 1.07 bits per heavy atom. The molecule has 0 saturated carbocycles. The highest BCUT2D eigenvalue weighted by molar-refractivity contribution is 6.13. The van der Waals surface area contributed by atoms with Crippen LogP contribution in [0.3, 0.4) is 0 Å². The van der Waals surface area contributed by atoms with Crippen LogP contribution < -0.4 is 10.5 Å². The molecule has 0 radical (unpaired) electrons. The highest BCUT2D eigenvalue weighted by Crippen LogP contribution is 2.48. The lowest BCUT2D eigenvalue weighted by molar-refractivity contribution is -0.119. The first-order valence-electron chi connectivity index (χ1n) is 9.98. The van der Waals surface area contributed by atoms with Gasteiger partial charge in [-0.3, -0.25) is 9.59 Å². The van der Waals surface area contributed by atoms with Crippen LogP contribution in [0.1, 0.15) is 48.5 Å². The standard InChI is InChI=1S/C25H25NO4/c1-25(2)13-18(27)21-19(14-25)30-24(26)22(23(28)16-7-5-4-6-8-16)20(21)15-9-11-17(29-3)12-10-15/h4-12,20H,13-14,26H2,1-3H3. The summed E-state index contributed by atoms with van der Waals surface area (Å²) in [6, 6.07) is 16.3. The quantitative estimate of drug-likeness (QED) is 0.760. The fraction of sp³-hybridized carbons (Fsp3) is 0.280. The van der Waals surface area contributed by atoms with Crippen molar-refractivity contribution in [1.29, 1.82) is 0 Å². The molecule has 5 heteroatoms. The van der Waals surface area contributed by atoms with Crippen LogP contribution in [0.15, 0.2) is 77.4 Å². The van der Waals surface area contributed by atoms with E-state index in [-0.39, 0.29) is 22.9 Å². The number of hydrogen-bond donors (Lipinski definition) is 1. The molecule has 30 heavy (non-hydrogen) atoms. The molecule has 2 aromatic carbocycles. The summed E-state index contributed by atoms with van der Waals surface area (Å²) in [5, 5.41) is 0. The second kappa shape index (κ2) is 7.48. The first kappa shape index (κ1) is 20.0. The van der Waals surface area contributed by atoms with E-state index in [0.29, 0.717) is 41.1 Å². The normalized spacial score (nSPS) is 20.5. The summed E-state index contributed by atoms with van der Waals surface area (Å²) in [5.74, 6) is 0.513. The van der Waals surface area contributed by atoms with Crippen LogP contribution >= 0.6 is 0 Å². The minimum atomic E-state index is -0.573. The largest absolute Gasteiger partial charge is 0.497 e. The molecule has 154 valence electrons. The van der Waals surface area contributed by atoms with Gasteiger partial charge in [0.2, 0.25) is 0 Å². The number of rotatable bonds is 4. The van der Waals surface area contributed by atoms with Crippen molar-refractivity contribution in [2.24, 2.45) is 11.1 Å². The number of nitrogens with two attached hydrogens (primary N) is 1. The number of methoxy groups -OCH3 is 1. The van der Waals surface area contributed by atoms with Gasteiger partial charge in [0, 0.05) is 24.0 Å². The number of ether oxygens (including phenoxy) is 2. The number of benzene rings is 2. The highest BCUT2D eigenvalue weighted by Gasteiger charge is 2.44. The predicted octanol–water partition coefficient (Wildman–Crippen LogP) is 4.51. The van der Waals surface area contributed by atoms with Crippen LogP contribution in [-0.4, -0.2) is 18.7 Å². The van der Waals surface area contributed by atoms with Crippen molar-refractivity contribution < 1.29 is 19.1 Å². The van der Waals surface area contributed by atoms with Crippen LogP contribution in [0.5, 0.6) is 5.75 Å². The SMILES string of the molecule is COc1ccc(C2C(C(=O)c3ccccc3)=C(N)OC3=C2C(=O)CC(C)(C)C3)cc1. The second-order valence-electron chi connectivity index (χ2n) is 8.56. The van der Waals surface area contributed by atoms with Gasteiger partial charge in [-0.2, -0.15) is 0 Å². The summed E-state index contributed by atoms with van der Waals surface area (Å²) < 4.78 is 11.2. The first-order chi connectivity index (χ1) is 14.3. The van der Waals surface area contributed by atoms with Gasteiger partial charge in [-0.1, -0.05) is 56.3 Å². The molecule has 1 aliphatic carbocycles. The van der Waals surface area contributed by atoms with Crippen LogP contribution in [0.2, 0.25) is 0 Å². The lowest BCUT2D eigenvalue weighted by Gasteiger charge is -2.38. The van der Waals surface area contributed by atoms with Crippen molar-refractivity contribution in [2.45, 2.75) is 32.6 Å².